The predicted molar refractivity (Wildman–Crippen MR) is 82.4 cm³/mol. The number of benzene rings is 1. The van der Waals surface area contributed by atoms with Crippen molar-refractivity contribution in [1.29, 1.82) is 0 Å². The summed E-state index contributed by atoms with van der Waals surface area (Å²) < 4.78 is 27.4. The monoisotopic (exact) mass is 348 g/mol. The fraction of sp³-hybridized carbons (Fsp3) is 0.538. The van der Waals surface area contributed by atoms with Crippen LogP contribution in [0.5, 0.6) is 0 Å². The average molecular weight is 349 g/mol. The Hall–Kier alpha value is -0.590. The van der Waals surface area contributed by atoms with E-state index in [0.29, 0.717) is 19.0 Å². The van der Waals surface area contributed by atoms with E-state index in [0.717, 1.165) is 10.9 Å². The predicted octanol–water partition coefficient (Wildman–Crippen LogP) is 3.09. The molecular weight excluding hydrogens is 328 g/mol. The Morgan fingerprint density at radius 2 is 2.00 bits per heavy atom. The maximum atomic E-state index is 12.6. The number of sulfonamides is 1. The third-order valence-corrected chi connectivity index (χ3v) is 5.66. The molecule has 1 atom stereocenters. The minimum atomic E-state index is -3.52. The van der Waals surface area contributed by atoms with Crippen molar-refractivity contribution in [3.05, 3.63) is 22.7 Å². The first kappa shape index (κ1) is 16.5. The standard InChI is InChI=1S/C13H21BrN2O2S/c1-4-10(3)9-16(5-2)19(17,18)13-7-6-11(14)8-12(13)15/h6-8,10H,4-5,9,15H2,1-3H3. The van der Waals surface area contributed by atoms with Crippen molar-refractivity contribution in [2.45, 2.75) is 32.1 Å². The fourth-order valence-electron chi connectivity index (χ4n) is 1.77. The Morgan fingerprint density at radius 1 is 1.37 bits per heavy atom. The quantitative estimate of drug-likeness (QED) is 0.803. The lowest BCUT2D eigenvalue weighted by Gasteiger charge is -2.24. The second kappa shape index (κ2) is 6.72. The number of nitrogens with two attached hydrogens (primary N) is 1. The molecule has 0 fully saturated rings. The van der Waals surface area contributed by atoms with Gasteiger partial charge in [0, 0.05) is 17.6 Å². The summed E-state index contributed by atoms with van der Waals surface area (Å²) in [6.07, 6.45) is 0.946. The second-order valence-corrected chi connectivity index (χ2v) is 7.47. The molecule has 0 aliphatic rings. The Labute approximate surface area is 124 Å². The zero-order chi connectivity index (χ0) is 14.6. The third-order valence-electron chi connectivity index (χ3n) is 3.15. The largest absolute Gasteiger partial charge is 0.398 e. The normalized spacial score (nSPS) is 13.7. The minimum Gasteiger partial charge on any atom is -0.398 e. The van der Waals surface area contributed by atoms with Gasteiger partial charge in [-0.15, -0.1) is 0 Å². The molecular formula is C13H21BrN2O2S. The number of hydrogen-bond acceptors (Lipinski definition) is 3. The molecule has 0 saturated carbocycles. The van der Waals surface area contributed by atoms with Crippen LogP contribution in [0, 0.1) is 5.92 Å². The van der Waals surface area contributed by atoms with Gasteiger partial charge in [-0.05, 0) is 24.1 Å². The first-order valence-corrected chi connectivity index (χ1v) is 8.61. The highest BCUT2D eigenvalue weighted by atomic mass is 79.9. The van der Waals surface area contributed by atoms with Gasteiger partial charge in [-0.3, -0.25) is 0 Å². The molecule has 19 heavy (non-hydrogen) atoms. The Morgan fingerprint density at radius 3 is 2.47 bits per heavy atom. The summed E-state index contributed by atoms with van der Waals surface area (Å²) in [5.41, 5.74) is 6.10. The van der Waals surface area contributed by atoms with Gasteiger partial charge in [0.1, 0.15) is 4.90 Å². The molecule has 0 amide bonds. The molecule has 1 rings (SSSR count). The lowest BCUT2D eigenvalue weighted by Crippen LogP contribution is -2.34. The number of anilines is 1. The number of nitrogens with zero attached hydrogens (tertiary/aromatic N) is 1. The summed E-state index contributed by atoms with van der Waals surface area (Å²) in [5, 5.41) is 0. The van der Waals surface area contributed by atoms with Gasteiger partial charge in [-0.1, -0.05) is 43.1 Å². The second-order valence-electron chi connectivity index (χ2n) is 4.65. The van der Waals surface area contributed by atoms with Crippen LogP contribution in [0.4, 0.5) is 5.69 Å². The molecule has 2 N–H and O–H groups in total. The van der Waals surface area contributed by atoms with Gasteiger partial charge in [-0.25, -0.2) is 8.42 Å². The molecule has 1 aromatic carbocycles. The van der Waals surface area contributed by atoms with Gasteiger partial charge in [-0.2, -0.15) is 4.31 Å². The van der Waals surface area contributed by atoms with Crippen molar-refractivity contribution >= 4 is 31.6 Å². The molecule has 0 bridgehead atoms. The first-order chi connectivity index (χ1) is 8.82. The average Bonchev–Trinajstić information content (AvgIpc) is 2.34. The molecule has 6 heteroatoms. The third kappa shape index (κ3) is 3.94. The van der Waals surface area contributed by atoms with Crippen LogP contribution in [0.15, 0.2) is 27.6 Å². The fourth-order valence-corrected chi connectivity index (χ4v) is 3.81. The SMILES string of the molecule is CCC(C)CN(CC)S(=O)(=O)c1ccc(Br)cc1N. The van der Waals surface area contributed by atoms with Gasteiger partial charge >= 0.3 is 0 Å². The van der Waals surface area contributed by atoms with E-state index < -0.39 is 10.0 Å². The molecule has 0 spiro atoms. The van der Waals surface area contributed by atoms with Gasteiger partial charge in [0.25, 0.3) is 0 Å². The smallest absolute Gasteiger partial charge is 0.245 e. The highest BCUT2D eigenvalue weighted by Crippen LogP contribution is 2.26. The molecule has 0 aliphatic carbocycles. The zero-order valence-electron chi connectivity index (χ0n) is 11.6. The number of rotatable bonds is 6. The molecule has 1 unspecified atom stereocenters. The summed E-state index contributed by atoms with van der Waals surface area (Å²) in [7, 11) is -3.52. The van der Waals surface area contributed by atoms with Crippen LogP contribution < -0.4 is 5.73 Å². The van der Waals surface area contributed by atoms with Crippen LogP contribution in [-0.4, -0.2) is 25.8 Å². The van der Waals surface area contributed by atoms with E-state index in [1.165, 1.54) is 4.31 Å². The Balaban J connectivity index is 3.13. The Kier molecular flexibility index (Phi) is 5.82. The molecule has 0 saturated heterocycles. The van der Waals surface area contributed by atoms with Gasteiger partial charge in [0.05, 0.1) is 5.69 Å². The van der Waals surface area contributed by atoms with Gasteiger partial charge < -0.3 is 5.73 Å². The van der Waals surface area contributed by atoms with Crippen LogP contribution >= 0.6 is 15.9 Å². The van der Waals surface area contributed by atoms with Crippen LogP contribution in [0.1, 0.15) is 27.2 Å². The van der Waals surface area contributed by atoms with Crippen molar-refractivity contribution in [2.24, 2.45) is 5.92 Å². The molecule has 0 aromatic heterocycles. The number of nitrogen functional groups attached to an aromatic ring is 1. The van der Waals surface area contributed by atoms with Crippen LogP contribution in [0.2, 0.25) is 0 Å². The van der Waals surface area contributed by atoms with Crippen molar-refractivity contribution in [2.75, 3.05) is 18.8 Å². The number of hydrogen-bond donors (Lipinski definition) is 1. The maximum absolute atomic E-state index is 12.6. The van der Waals surface area contributed by atoms with Gasteiger partial charge in [0.2, 0.25) is 10.0 Å². The summed E-state index contributed by atoms with van der Waals surface area (Å²) in [6.45, 7) is 6.91. The van der Waals surface area contributed by atoms with E-state index in [2.05, 4.69) is 22.9 Å². The molecule has 108 valence electrons. The Bertz CT molecular complexity index is 531. The summed E-state index contributed by atoms with van der Waals surface area (Å²) in [5.74, 6) is 0.325. The van der Waals surface area contributed by atoms with Crippen molar-refractivity contribution in [1.82, 2.24) is 4.31 Å². The molecule has 1 aromatic rings. The van der Waals surface area contributed by atoms with Crippen molar-refractivity contribution in [3.63, 3.8) is 0 Å². The highest BCUT2D eigenvalue weighted by Gasteiger charge is 2.26. The molecule has 0 aliphatic heterocycles. The van der Waals surface area contributed by atoms with Crippen LogP contribution in [0.25, 0.3) is 0 Å². The van der Waals surface area contributed by atoms with E-state index in [1.54, 1.807) is 18.2 Å². The molecule has 0 radical (unpaired) electrons. The van der Waals surface area contributed by atoms with Gasteiger partial charge in [0.15, 0.2) is 0 Å². The first-order valence-electron chi connectivity index (χ1n) is 6.38. The van der Waals surface area contributed by atoms with Crippen LogP contribution in [-0.2, 0) is 10.0 Å². The highest BCUT2D eigenvalue weighted by molar-refractivity contribution is 9.10. The van der Waals surface area contributed by atoms with E-state index in [-0.39, 0.29) is 10.6 Å². The molecule has 0 heterocycles. The topological polar surface area (TPSA) is 63.4 Å². The zero-order valence-corrected chi connectivity index (χ0v) is 14.0. The summed E-state index contributed by atoms with van der Waals surface area (Å²) in [4.78, 5) is 0.181. The van der Waals surface area contributed by atoms with Crippen molar-refractivity contribution < 1.29 is 8.42 Å². The van der Waals surface area contributed by atoms with E-state index in [1.807, 2.05) is 13.8 Å². The van der Waals surface area contributed by atoms with E-state index in [4.69, 9.17) is 5.73 Å². The van der Waals surface area contributed by atoms with E-state index >= 15 is 0 Å². The number of halogens is 1. The summed E-state index contributed by atoms with van der Waals surface area (Å²) in [6, 6.07) is 4.86. The molecule has 4 nitrogen and oxygen atoms in total. The minimum absolute atomic E-state index is 0.181. The summed E-state index contributed by atoms with van der Waals surface area (Å²) >= 11 is 3.28. The maximum Gasteiger partial charge on any atom is 0.245 e. The van der Waals surface area contributed by atoms with Crippen LogP contribution in [0.3, 0.4) is 0 Å². The van der Waals surface area contributed by atoms with Crippen molar-refractivity contribution in [3.8, 4) is 0 Å². The lowest BCUT2D eigenvalue weighted by molar-refractivity contribution is 0.362. The lowest BCUT2D eigenvalue weighted by atomic mass is 10.1. The van der Waals surface area contributed by atoms with E-state index in [9.17, 15) is 8.42 Å².